The number of nitrogens with two attached hydrogens (primary N) is 1. The molecular formula is C10H18N2O. The minimum Gasteiger partial charge on any atom is -0.352 e. The van der Waals surface area contributed by atoms with E-state index in [9.17, 15) is 4.79 Å². The fourth-order valence-electron chi connectivity index (χ4n) is 1.76. The van der Waals surface area contributed by atoms with Crippen molar-refractivity contribution in [1.82, 2.24) is 5.32 Å². The fourth-order valence-corrected chi connectivity index (χ4v) is 1.76. The van der Waals surface area contributed by atoms with E-state index >= 15 is 0 Å². The lowest BCUT2D eigenvalue weighted by molar-refractivity contribution is -0.127. The van der Waals surface area contributed by atoms with Gasteiger partial charge in [0.2, 0.25) is 5.91 Å². The Hall–Kier alpha value is -0.570. The molecule has 2 aliphatic rings. The monoisotopic (exact) mass is 182 g/mol. The Morgan fingerprint density at radius 1 is 1.38 bits per heavy atom. The molecule has 13 heavy (non-hydrogen) atoms. The molecule has 0 heterocycles. The highest BCUT2D eigenvalue weighted by Crippen LogP contribution is 2.38. The van der Waals surface area contributed by atoms with E-state index in [1.165, 1.54) is 6.42 Å². The van der Waals surface area contributed by atoms with Gasteiger partial charge in [0.25, 0.3) is 0 Å². The topological polar surface area (TPSA) is 55.1 Å². The number of nitrogens with one attached hydrogen (secondary N) is 1. The zero-order valence-corrected chi connectivity index (χ0v) is 8.18. The molecule has 3 N–H and O–H groups in total. The number of amides is 1. The number of hydrogen-bond acceptors (Lipinski definition) is 2. The second kappa shape index (κ2) is 2.98. The Bertz CT molecular complexity index is 217. The van der Waals surface area contributed by atoms with Crippen LogP contribution < -0.4 is 11.1 Å². The molecule has 0 aromatic heterocycles. The van der Waals surface area contributed by atoms with Gasteiger partial charge in [0, 0.05) is 6.04 Å². The maximum absolute atomic E-state index is 11.7. The molecule has 0 radical (unpaired) electrons. The van der Waals surface area contributed by atoms with E-state index in [2.05, 4.69) is 5.32 Å². The van der Waals surface area contributed by atoms with Crippen molar-refractivity contribution in [2.75, 3.05) is 0 Å². The molecule has 0 saturated heterocycles. The number of carbonyl (C=O) groups excluding carboxylic acids is 1. The van der Waals surface area contributed by atoms with E-state index in [1.807, 2.05) is 6.92 Å². The summed E-state index contributed by atoms with van der Waals surface area (Å²) >= 11 is 0. The van der Waals surface area contributed by atoms with Crippen molar-refractivity contribution in [1.29, 1.82) is 0 Å². The van der Waals surface area contributed by atoms with E-state index in [1.54, 1.807) is 0 Å². The molecule has 74 valence electrons. The van der Waals surface area contributed by atoms with Crippen LogP contribution in [0.25, 0.3) is 0 Å². The van der Waals surface area contributed by atoms with Gasteiger partial charge in [-0.05, 0) is 44.9 Å². The Balaban J connectivity index is 1.86. The lowest BCUT2D eigenvalue weighted by Crippen LogP contribution is -2.56. The van der Waals surface area contributed by atoms with Gasteiger partial charge < -0.3 is 11.1 Å². The van der Waals surface area contributed by atoms with Gasteiger partial charge in [-0.15, -0.1) is 0 Å². The summed E-state index contributed by atoms with van der Waals surface area (Å²) in [6.45, 7) is 1.86. The van der Waals surface area contributed by atoms with Crippen molar-refractivity contribution in [2.24, 2.45) is 11.7 Å². The average molecular weight is 182 g/mol. The van der Waals surface area contributed by atoms with Gasteiger partial charge in [0.15, 0.2) is 0 Å². The summed E-state index contributed by atoms with van der Waals surface area (Å²) in [5, 5.41) is 3.01. The number of carbonyl (C=O) groups is 1. The van der Waals surface area contributed by atoms with E-state index in [0.717, 1.165) is 25.7 Å². The van der Waals surface area contributed by atoms with Crippen LogP contribution in [0.4, 0.5) is 0 Å². The summed E-state index contributed by atoms with van der Waals surface area (Å²) in [5.41, 5.74) is 5.37. The summed E-state index contributed by atoms with van der Waals surface area (Å²) in [6.07, 6.45) is 5.74. The van der Waals surface area contributed by atoms with Crippen LogP contribution in [0.1, 0.15) is 39.0 Å². The Kier molecular flexibility index (Phi) is 2.06. The van der Waals surface area contributed by atoms with Crippen LogP contribution in [0.2, 0.25) is 0 Å². The van der Waals surface area contributed by atoms with Gasteiger partial charge in [-0.3, -0.25) is 4.79 Å². The highest BCUT2D eigenvalue weighted by Gasteiger charge is 2.44. The molecule has 1 atom stereocenters. The van der Waals surface area contributed by atoms with Crippen LogP contribution >= 0.6 is 0 Å². The van der Waals surface area contributed by atoms with Crippen LogP contribution in [-0.2, 0) is 4.79 Å². The fraction of sp³-hybridized carbons (Fsp3) is 0.900. The predicted molar refractivity (Wildman–Crippen MR) is 51.1 cm³/mol. The molecule has 2 saturated carbocycles. The number of hydrogen-bond donors (Lipinski definition) is 2. The lowest BCUT2D eigenvalue weighted by atomic mass is 9.90. The van der Waals surface area contributed by atoms with E-state index in [0.29, 0.717) is 12.0 Å². The molecule has 2 aliphatic carbocycles. The molecular weight excluding hydrogens is 164 g/mol. The van der Waals surface area contributed by atoms with Crippen LogP contribution in [0.15, 0.2) is 0 Å². The van der Waals surface area contributed by atoms with Gasteiger partial charge in [-0.1, -0.05) is 0 Å². The third kappa shape index (κ3) is 1.70. The summed E-state index contributed by atoms with van der Waals surface area (Å²) in [4.78, 5) is 11.7. The lowest BCUT2D eigenvalue weighted by Gasteiger charge is -2.31. The molecule has 2 rings (SSSR count). The molecule has 1 unspecified atom stereocenters. The van der Waals surface area contributed by atoms with Crippen LogP contribution in [-0.4, -0.2) is 17.5 Å². The van der Waals surface area contributed by atoms with Gasteiger partial charge in [-0.2, -0.15) is 0 Å². The summed E-state index contributed by atoms with van der Waals surface area (Å²) in [6, 6.07) is 0.411. The predicted octanol–water partition coefficient (Wildman–Crippen LogP) is 0.782. The second-order valence-corrected chi connectivity index (χ2v) is 4.66. The third-order valence-corrected chi connectivity index (χ3v) is 3.36. The maximum Gasteiger partial charge on any atom is 0.240 e. The highest BCUT2D eigenvalue weighted by atomic mass is 16.2. The Morgan fingerprint density at radius 2 is 2.00 bits per heavy atom. The van der Waals surface area contributed by atoms with Crippen molar-refractivity contribution in [3.8, 4) is 0 Å². The first kappa shape index (κ1) is 9.00. The zero-order chi connectivity index (χ0) is 9.47. The molecule has 0 aromatic carbocycles. The first-order valence-corrected chi connectivity index (χ1v) is 5.20. The summed E-state index contributed by atoms with van der Waals surface area (Å²) in [7, 11) is 0. The van der Waals surface area contributed by atoms with Crippen molar-refractivity contribution >= 4 is 5.91 Å². The largest absolute Gasteiger partial charge is 0.352 e. The summed E-state index contributed by atoms with van der Waals surface area (Å²) < 4.78 is 0. The van der Waals surface area contributed by atoms with Crippen LogP contribution in [0, 0.1) is 5.92 Å². The number of rotatable bonds is 3. The SMILES string of the molecule is CC(N)(C(=O)NC1CCC1)C1CC1. The second-order valence-electron chi connectivity index (χ2n) is 4.66. The van der Waals surface area contributed by atoms with Crippen molar-refractivity contribution in [3.05, 3.63) is 0 Å². The molecule has 0 aliphatic heterocycles. The normalized spacial score (nSPS) is 27.5. The molecule has 3 nitrogen and oxygen atoms in total. The molecule has 3 heteroatoms. The maximum atomic E-state index is 11.7. The van der Waals surface area contributed by atoms with E-state index < -0.39 is 5.54 Å². The van der Waals surface area contributed by atoms with Crippen molar-refractivity contribution in [3.63, 3.8) is 0 Å². The van der Waals surface area contributed by atoms with E-state index in [4.69, 9.17) is 5.73 Å². The third-order valence-electron chi connectivity index (χ3n) is 3.36. The summed E-state index contributed by atoms with van der Waals surface area (Å²) in [5.74, 6) is 0.479. The highest BCUT2D eigenvalue weighted by molar-refractivity contribution is 5.86. The van der Waals surface area contributed by atoms with Gasteiger partial charge in [0.1, 0.15) is 0 Å². The first-order chi connectivity index (χ1) is 6.10. The molecule has 0 aromatic rings. The quantitative estimate of drug-likeness (QED) is 0.677. The molecule has 0 spiro atoms. The molecule has 1 amide bonds. The van der Waals surface area contributed by atoms with Gasteiger partial charge in [0.05, 0.1) is 5.54 Å². The Morgan fingerprint density at radius 3 is 2.38 bits per heavy atom. The standard InChI is InChI=1S/C10H18N2O/c1-10(11,7-5-6-7)9(13)12-8-3-2-4-8/h7-8H,2-6,11H2,1H3,(H,12,13). The van der Waals surface area contributed by atoms with Crippen molar-refractivity contribution < 1.29 is 4.79 Å². The van der Waals surface area contributed by atoms with E-state index in [-0.39, 0.29) is 5.91 Å². The smallest absolute Gasteiger partial charge is 0.240 e. The Labute approximate surface area is 79.1 Å². The van der Waals surface area contributed by atoms with Crippen molar-refractivity contribution in [2.45, 2.75) is 50.6 Å². The minimum atomic E-state index is -0.615. The van der Waals surface area contributed by atoms with Gasteiger partial charge >= 0.3 is 0 Å². The average Bonchev–Trinajstić information content (AvgIpc) is 2.77. The van der Waals surface area contributed by atoms with Crippen LogP contribution in [0.5, 0.6) is 0 Å². The minimum absolute atomic E-state index is 0.0553. The first-order valence-electron chi connectivity index (χ1n) is 5.20. The zero-order valence-electron chi connectivity index (χ0n) is 8.18. The molecule has 0 bridgehead atoms. The molecule has 2 fully saturated rings. The van der Waals surface area contributed by atoms with Crippen LogP contribution in [0.3, 0.4) is 0 Å². The van der Waals surface area contributed by atoms with Gasteiger partial charge in [-0.25, -0.2) is 0 Å².